The molecule has 0 aromatic carbocycles. The van der Waals surface area contributed by atoms with E-state index in [1.165, 1.54) is 0 Å². The minimum Gasteiger partial charge on any atom is -0.394 e. The van der Waals surface area contributed by atoms with Crippen molar-refractivity contribution in [2.75, 3.05) is 46.1 Å². The van der Waals surface area contributed by atoms with Gasteiger partial charge < -0.3 is 46.1 Å². The van der Waals surface area contributed by atoms with E-state index in [1.54, 1.807) is 0 Å². The molecule has 10 nitrogen and oxygen atoms in total. The first-order valence-electron chi connectivity index (χ1n) is 7.39. The first-order chi connectivity index (χ1) is 10.9. The molecule has 0 aromatic rings. The van der Waals surface area contributed by atoms with Crippen molar-refractivity contribution in [1.29, 1.82) is 0 Å². The van der Waals surface area contributed by atoms with Crippen LogP contribution in [0.5, 0.6) is 0 Å². The standard InChI is InChI=1S/C13H28N2O8/c14-2-4-23-6-5-22-3-1-11(19)15-7-9(17)12(20)13(21)10(18)8-16/h9-10,12-13,16-18,20-21H,1-8,14H2,(H,15,19)/t9-,10+,12+,13+/m0/s1. The molecule has 0 rings (SSSR count). The molecule has 0 saturated carbocycles. The number of amides is 1. The number of hydrogen-bond donors (Lipinski definition) is 7. The summed E-state index contributed by atoms with van der Waals surface area (Å²) in [5, 5.41) is 48.7. The highest BCUT2D eigenvalue weighted by Gasteiger charge is 2.30. The van der Waals surface area contributed by atoms with Crippen molar-refractivity contribution in [2.45, 2.75) is 30.8 Å². The third-order valence-corrected chi connectivity index (χ3v) is 2.94. The van der Waals surface area contributed by atoms with Crippen LogP contribution in [0.1, 0.15) is 6.42 Å². The largest absolute Gasteiger partial charge is 0.394 e. The SMILES string of the molecule is NCCOCCOCCC(=O)NC[C@H](O)[C@@H](O)[C@H](O)[C@H](O)CO. The molecule has 4 atom stereocenters. The van der Waals surface area contributed by atoms with Gasteiger partial charge in [0.1, 0.15) is 18.3 Å². The highest BCUT2D eigenvalue weighted by molar-refractivity contribution is 5.75. The maximum Gasteiger partial charge on any atom is 0.222 e. The lowest BCUT2D eigenvalue weighted by molar-refractivity contribution is -0.127. The predicted molar refractivity (Wildman–Crippen MR) is 79.4 cm³/mol. The van der Waals surface area contributed by atoms with E-state index >= 15 is 0 Å². The van der Waals surface area contributed by atoms with Crippen LogP contribution < -0.4 is 11.1 Å². The molecular weight excluding hydrogens is 312 g/mol. The van der Waals surface area contributed by atoms with Gasteiger partial charge in [0.05, 0.1) is 39.1 Å². The van der Waals surface area contributed by atoms with Gasteiger partial charge >= 0.3 is 0 Å². The van der Waals surface area contributed by atoms with Gasteiger partial charge in [-0.3, -0.25) is 4.79 Å². The van der Waals surface area contributed by atoms with Crippen molar-refractivity contribution < 1.29 is 39.8 Å². The van der Waals surface area contributed by atoms with Gasteiger partial charge in [-0.1, -0.05) is 0 Å². The minimum atomic E-state index is -1.72. The summed E-state index contributed by atoms with van der Waals surface area (Å²) in [5.41, 5.74) is 5.23. The molecule has 0 fully saturated rings. The third kappa shape index (κ3) is 10.5. The van der Waals surface area contributed by atoms with E-state index in [2.05, 4.69) is 5.32 Å². The lowest BCUT2D eigenvalue weighted by Gasteiger charge is -2.25. The molecule has 0 aliphatic carbocycles. The van der Waals surface area contributed by atoms with Crippen molar-refractivity contribution in [1.82, 2.24) is 5.32 Å². The highest BCUT2D eigenvalue weighted by Crippen LogP contribution is 2.04. The molecule has 0 spiro atoms. The van der Waals surface area contributed by atoms with Crippen LogP contribution in [0.15, 0.2) is 0 Å². The van der Waals surface area contributed by atoms with Crippen molar-refractivity contribution in [3.8, 4) is 0 Å². The van der Waals surface area contributed by atoms with Gasteiger partial charge in [0.15, 0.2) is 0 Å². The van der Waals surface area contributed by atoms with E-state index in [-0.39, 0.29) is 19.6 Å². The van der Waals surface area contributed by atoms with Crippen molar-refractivity contribution >= 4 is 5.91 Å². The van der Waals surface area contributed by atoms with E-state index in [0.717, 1.165) is 0 Å². The summed E-state index contributed by atoms with van der Waals surface area (Å²) < 4.78 is 10.2. The van der Waals surface area contributed by atoms with E-state index < -0.39 is 36.9 Å². The Labute approximate surface area is 134 Å². The molecule has 8 N–H and O–H groups in total. The first-order valence-corrected chi connectivity index (χ1v) is 7.39. The molecule has 0 bridgehead atoms. The number of rotatable bonds is 14. The molecule has 0 heterocycles. The molecule has 0 unspecified atom stereocenters. The van der Waals surface area contributed by atoms with E-state index in [9.17, 15) is 20.1 Å². The summed E-state index contributed by atoms with van der Waals surface area (Å²) in [7, 11) is 0. The topological polar surface area (TPSA) is 175 Å². The van der Waals surface area contributed by atoms with Crippen LogP contribution in [0.4, 0.5) is 0 Å². The van der Waals surface area contributed by atoms with E-state index in [0.29, 0.717) is 26.4 Å². The number of aliphatic hydroxyl groups is 5. The number of hydrogen-bond acceptors (Lipinski definition) is 9. The maximum atomic E-state index is 11.5. The molecule has 0 aromatic heterocycles. The third-order valence-electron chi connectivity index (χ3n) is 2.94. The van der Waals surface area contributed by atoms with E-state index in [4.69, 9.17) is 25.4 Å². The lowest BCUT2D eigenvalue weighted by atomic mass is 10.0. The highest BCUT2D eigenvalue weighted by atomic mass is 16.5. The lowest BCUT2D eigenvalue weighted by Crippen LogP contribution is -2.49. The molecule has 23 heavy (non-hydrogen) atoms. The molecule has 0 aliphatic rings. The number of ether oxygens (including phenoxy) is 2. The fraction of sp³-hybridized carbons (Fsp3) is 0.923. The second-order valence-corrected chi connectivity index (χ2v) is 4.87. The second-order valence-electron chi connectivity index (χ2n) is 4.87. The molecular formula is C13H28N2O8. The average Bonchev–Trinajstić information content (AvgIpc) is 2.56. The molecule has 0 aliphatic heterocycles. The van der Waals surface area contributed by atoms with Crippen LogP contribution >= 0.6 is 0 Å². The average molecular weight is 340 g/mol. The van der Waals surface area contributed by atoms with Gasteiger partial charge in [-0.05, 0) is 0 Å². The van der Waals surface area contributed by atoms with Gasteiger partial charge in [-0.2, -0.15) is 0 Å². The summed E-state index contributed by atoms with van der Waals surface area (Å²) in [5.74, 6) is -0.406. The van der Waals surface area contributed by atoms with Gasteiger partial charge in [0, 0.05) is 19.5 Å². The van der Waals surface area contributed by atoms with Crippen LogP contribution in [0.3, 0.4) is 0 Å². The van der Waals surface area contributed by atoms with Gasteiger partial charge in [0.25, 0.3) is 0 Å². The zero-order chi connectivity index (χ0) is 17.7. The summed E-state index contributed by atoms with van der Waals surface area (Å²) >= 11 is 0. The maximum absolute atomic E-state index is 11.5. The second kappa shape index (κ2) is 13.6. The summed E-state index contributed by atoms with van der Waals surface area (Å²) in [6.07, 6.45) is -6.43. The Morgan fingerprint density at radius 3 is 2.09 bits per heavy atom. The van der Waals surface area contributed by atoms with Crippen molar-refractivity contribution in [3.63, 3.8) is 0 Å². The predicted octanol–water partition coefficient (Wildman–Crippen LogP) is -4.08. The Morgan fingerprint density at radius 1 is 0.957 bits per heavy atom. The van der Waals surface area contributed by atoms with E-state index in [1.807, 2.05) is 0 Å². The van der Waals surface area contributed by atoms with Crippen LogP contribution in [0.25, 0.3) is 0 Å². The number of nitrogens with two attached hydrogens (primary N) is 1. The van der Waals surface area contributed by atoms with Crippen LogP contribution in [0, 0.1) is 0 Å². The van der Waals surface area contributed by atoms with Crippen molar-refractivity contribution in [3.05, 3.63) is 0 Å². The zero-order valence-electron chi connectivity index (χ0n) is 13.0. The Bertz CT molecular complexity index is 308. The Balaban J connectivity index is 3.75. The minimum absolute atomic E-state index is 0.0571. The number of carbonyl (C=O) groups is 1. The fourth-order valence-corrected chi connectivity index (χ4v) is 1.56. The fourth-order valence-electron chi connectivity index (χ4n) is 1.56. The monoisotopic (exact) mass is 340 g/mol. The number of carbonyl (C=O) groups excluding carboxylic acids is 1. The summed E-state index contributed by atoms with van der Waals surface area (Å²) in [6, 6.07) is 0. The van der Waals surface area contributed by atoms with Crippen LogP contribution in [0.2, 0.25) is 0 Å². The van der Waals surface area contributed by atoms with Crippen LogP contribution in [-0.4, -0.2) is 102 Å². The summed E-state index contributed by atoms with van der Waals surface area (Å²) in [6.45, 7) is 0.691. The van der Waals surface area contributed by atoms with Gasteiger partial charge in [0.2, 0.25) is 5.91 Å². The van der Waals surface area contributed by atoms with Gasteiger partial charge in [-0.15, -0.1) is 0 Å². The Kier molecular flexibility index (Phi) is 13.1. The first kappa shape index (κ1) is 22.1. The number of nitrogens with one attached hydrogen (secondary N) is 1. The number of aliphatic hydroxyl groups excluding tert-OH is 5. The summed E-state index contributed by atoms with van der Waals surface area (Å²) in [4.78, 5) is 11.5. The molecule has 0 radical (unpaired) electrons. The molecule has 138 valence electrons. The van der Waals surface area contributed by atoms with Gasteiger partial charge in [-0.25, -0.2) is 0 Å². The van der Waals surface area contributed by atoms with Crippen molar-refractivity contribution in [2.24, 2.45) is 5.73 Å². The zero-order valence-corrected chi connectivity index (χ0v) is 13.0. The smallest absolute Gasteiger partial charge is 0.222 e. The Hall–Kier alpha value is -0.850. The molecule has 0 saturated heterocycles. The molecule has 1 amide bonds. The Morgan fingerprint density at radius 2 is 1.52 bits per heavy atom. The normalized spacial score (nSPS) is 16.6. The molecule has 10 heteroatoms. The quantitative estimate of drug-likeness (QED) is 0.155. The van der Waals surface area contributed by atoms with Crippen LogP contribution in [-0.2, 0) is 14.3 Å².